The van der Waals surface area contributed by atoms with Crippen LogP contribution in [0.15, 0.2) is 24.3 Å². The number of methoxy groups -OCH3 is 1. The van der Waals surface area contributed by atoms with Gasteiger partial charge in [0, 0.05) is 19.3 Å². The van der Waals surface area contributed by atoms with E-state index in [1.54, 1.807) is 19.9 Å². The third-order valence-electron chi connectivity index (χ3n) is 3.23. The first-order valence-electron chi connectivity index (χ1n) is 6.44. The molecule has 5 heteroatoms. The van der Waals surface area contributed by atoms with E-state index in [1.165, 1.54) is 12.0 Å². The topological polar surface area (TPSA) is 66.8 Å². The number of aliphatic carboxylic acids is 1. The Kier molecular flexibility index (Phi) is 5.27. The molecule has 5 nitrogen and oxygen atoms in total. The molecular weight excluding hydrogens is 258 g/mol. The van der Waals surface area contributed by atoms with Crippen molar-refractivity contribution in [1.29, 1.82) is 0 Å². The maximum absolute atomic E-state index is 12.6. The molecule has 1 aromatic carbocycles. The van der Waals surface area contributed by atoms with Crippen molar-refractivity contribution in [1.82, 2.24) is 0 Å². The molecule has 0 radical (unpaired) electrons. The van der Waals surface area contributed by atoms with Crippen molar-refractivity contribution in [3.8, 4) is 0 Å². The van der Waals surface area contributed by atoms with Crippen LogP contribution in [0.5, 0.6) is 0 Å². The van der Waals surface area contributed by atoms with E-state index in [0.29, 0.717) is 5.69 Å². The highest BCUT2D eigenvalue weighted by Crippen LogP contribution is 2.24. The van der Waals surface area contributed by atoms with Crippen LogP contribution in [0.3, 0.4) is 0 Å². The number of benzene rings is 1. The van der Waals surface area contributed by atoms with Gasteiger partial charge in [-0.2, -0.15) is 0 Å². The zero-order chi connectivity index (χ0) is 15.3. The Morgan fingerprint density at radius 1 is 1.30 bits per heavy atom. The second-order valence-corrected chi connectivity index (χ2v) is 5.10. The highest BCUT2D eigenvalue weighted by atomic mass is 16.5. The van der Waals surface area contributed by atoms with Gasteiger partial charge in [-0.3, -0.25) is 9.59 Å². The molecule has 0 aromatic heterocycles. The van der Waals surface area contributed by atoms with Crippen LogP contribution >= 0.6 is 0 Å². The Hall–Kier alpha value is -1.88. The van der Waals surface area contributed by atoms with Crippen molar-refractivity contribution >= 4 is 17.6 Å². The molecule has 20 heavy (non-hydrogen) atoms. The number of hydrogen-bond donors (Lipinski definition) is 1. The number of carboxylic acids is 1. The molecule has 0 fully saturated rings. The van der Waals surface area contributed by atoms with E-state index in [0.717, 1.165) is 5.56 Å². The Morgan fingerprint density at radius 3 is 2.40 bits per heavy atom. The van der Waals surface area contributed by atoms with E-state index in [9.17, 15) is 9.59 Å². The summed E-state index contributed by atoms with van der Waals surface area (Å²) in [4.78, 5) is 24.8. The molecule has 0 spiro atoms. The van der Waals surface area contributed by atoms with Gasteiger partial charge in [0.05, 0.1) is 6.42 Å². The van der Waals surface area contributed by atoms with Crippen LogP contribution in [0.1, 0.15) is 25.8 Å². The predicted molar refractivity (Wildman–Crippen MR) is 76.9 cm³/mol. The monoisotopic (exact) mass is 279 g/mol. The number of anilines is 1. The van der Waals surface area contributed by atoms with Crippen LogP contribution in [-0.4, -0.2) is 36.2 Å². The van der Waals surface area contributed by atoms with E-state index in [2.05, 4.69) is 0 Å². The second kappa shape index (κ2) is 6.52. The van der Waals surface area contributed by atoms with Crippen LogP contribution in [0, 0.1) is 6.92 Å². The number of para-hydroxylation sites is 1. The van der Waals surface area contributed by atoms with Gasteiger partial charge in [-0.1, -0.05) is 18.2 Å². The fraction of sp³-hybridized carbons (Fsp3) is 0.467. The summed E-state index contributed by atoms with van der Waals surface area (Å²) < 4.78 is 5.21. The highest BCUT2D eigenvalue weighted by molar-refractivity contribution is 5.99. The molecule has 0 bridgehead atoms. The van der Waals surface area contributed by atoms with E-state index in [4.69, 9.17) is 9.84 Å². The van der Waals surface area contributed by atoms with Crippen LogP contribution in [-0.2, 0) is 14.3 Å². The van der Waals surface area contributed by atoms with Gasteiger partial charge in [0.2, 0.25) is 0 Å². The van der Waals surface area contributed by atoms with Crippen LogP contribution in [0.25, 0.3) is 0 Å². The number of carbonyl (C=O) groups excluding carboxylic acids is 1. The average molecular weight is 279 g/mol. The summed E-state index contributed by atoms with van der Waals surface area (Å²) in [5.74, 6) is -1.19. The Morgan fingerprint density at radius 2 is 1.90 bits per heavy atom. The summed E-state index contributed by atoms with van der Waals surface area (Å²) >= 11 is 0. The summed E-state index contributed by atoms with van der Waals surface area (Å²) in [6.45, 7) is 5.34. The van der Waals surface area contributed by atoms with Gasteiger partial charge in [0.1, 0.15) is 5.60 Å². The summed E-state index contributed by atoms with van der Waals surface area (Å²) in [6, 6.07) is 7.39. The van der Waals surface area contributed by atoms with Crippen molar-refractivity contribution in [2.75, 3.05) is 18.6 Å². The van der Waals surface area contributed by atoms with E-state index in [1.807, 2.05) is 25.1 Å². The van der Waals surface area contributed by atoms with Crippen molar-refractivity contribution in [2.24, 2.45) is 0 Å². The maximum atomic E-state index is 12.6. The number of aryl methyl sites for hydroxylation is 1. The van der Waals surface area contributed by atoms with Crippen LogP contribution in [0.4, 0.5) is 5.69 Å². The zero-order valence-corrected chi connectivity index (χ0v) is 12.3. The van der Waals surface area contributed by atoms with Gasteiger partial charge < -0.3 is 14.7 Å². The molecule has 1 rings (SSSR count). The molecule has 1 amide bonds. The smallest absolute Gasteiger partial charge is 0.305 e. The lowest BCUT2D eigenvalue weighted by Gasteiger charge is -2.31. The van der Waals surface area contributed by atoms with Crippen molar-refractivity contribution in [3.63, 3.8) is 0 Å². The van der Waals surface area contributed by atoms with Crippen molar-refractivity contribution in [3.05, 3.63) is 29.8 Å². The number of nitrogens with zero attached hydrogens (tertiary/aromatic N) is 1. The molecule has 0 aliphatic rings. The average Bonchev–Trinajstić information content (AvgIpc) is 2.40. The van der Waals surface area contributed by atoms with Gasteiger partial charge in [-0.25, -0.2) is 0 Å². The molecule has 0 saturated carbocycles. The molecule has 0 saturated heterocycles. The third kappa shape index (κ3) is 3.81. The molecule has 0 aliphatic carbocycles. The van der Waals surface area contributed by atoms with Gasteiger partial charge in [0.15, 0.2) is 0 Å². The zero-order valence-electron chi connectivity index (χ0n) is 12.3. The van der Waals surface area contributed by atoms with Crippen molar-refractivity contribution < 1.29 is 19.4 Å². The second-order valence-electron chi connectivity index (χ2n) is 5.10. The number of amides is 1. The minimum Gasteiger partial charge on any atom is -0.481 e. The van der Waals surface area contributed by atoms with E-state index < -0.39 is 11.6 Å². The molecule has 1 N–H and O–H groups in total. The first-order chi connectivity index (χ1) is 9.29. The fourth-order valence-electron chi connectivity index (χ4n) is 1.82. The third-order valence-corrected chi connectivity index (χ3v) is 3.23. The Balaban J connectivity index is 3.12. The molecule has 1 aromatic rings. The molecular formula is C15H21NO4. The number of rotatable bonds is 6. The normalized spacial score (nSPS) is 11.2. The molecule has 0 unspecified atom stereocenters. The number of carbonyl (C=O) groups is 2. The van der Waals surface area contributed by atoms with Crippen LogP contribution < -0.4 is 4.90 Å². The van der Waals surface area contributed by atoms with Gasteiger partial charge >= 0.3 is 5.97 Å². The van der Waals surface area contributed by atoms with Gasteiger partial charge in [-0.05, 0) is 32.4 Å². The molecule has 110 valence electrons. The lowest BCUT2D eigenvalue weighted by molar-refractivity contribution is -0.138. The lowest BCUT2D eigenvalue weighted by atomic mass is 10.1. The Bertz CT molecular complexity index is 496. The maximum Gasteiger partial charge on any atom is 0.305 e. The summed E-state index contributed by atoms with van der Waals surface area (Å²) in [5.41, 5.74) is 0.628. The molecule has 0 atom stereocenters. The summed E-state index contributed by atoms with van der Waals surface area (Å²) in [7, 11) is 1.46. The van der Waals surface area contributed by atoms with Crippen LogP contribution in [0.2, 0.25) is 0 Å². The van der Waals surface area contributed by atoms with Gasteiger partial charge in [0.25, 0.3) is 5.91 Å². The molecule has 0 aliphatic heterocycles. The minimum atomic E-state index is -0.999. The van der Waals surface area contributed by atoms with E-state index in [-0.39, 0.29) is 18.9 Å². The Labute approximate surface area is 119 Å². The standard InChI is InChI=1S/C15H21NO4/c1-11-7-5-6-8-12(11)16(10-9-13(17)18)14(19)15(2,3)20-4/h5-8H,9-10H2,1-4H3,(H,17,18). The van der Waals surface area contributed by atoms with Gasteiger partial charge in [-0.15, -0.1) is 0 Å². The van der Waals surface area contributed by atoms with Crippen molar-refractivity contribution in [2.45, 2.75) is 32.8 Å². The van der Waals surface area contributed by atoms with E-state index >= 15 is 0 Å². The summed E-state index contributed by atoms with van der Waals surface area (Å²) in [5, 5.41) is 8.85. The predicted octanol–water partition coefficient (Wildman–Crippen LogP) is 2.23. The lowest BCUT2D eigenvalue weighted by Crippen LogP contribution is -2.47. The SMILES string of the molecule is COC(C)(C)C(=O)N(CCC(=O)O)c1ccccc1C. The molecule has 0 heterocycles. The summed E-state index contributed by atoms with van der Waals surface area (Å²) in [6.07, 6.45) is -0.111. The quantitative estimate of drug-likeness (QED) is 0.867. The first-order valence-corrected chi connectivity index (χ1v) is 6.44. The first kappa shape index (κ1) is 16.2. The largest absolute Gasteiger partial charge is 0.481 e. The number of hydrogen-bond acceptors (Lipinski definition) is 3. The number of ether oxygens (including phenoxy) is 1. The fourth-order valence-corrected chi connectivity index (χ4v) is 1.82. The highest BCUT2D eigenvalue weighted by Gasteiger charge is 2.33. The minimum absolute atomic E-state index is 0.111. The number of carboxylic acid groups (broad SMARTS) is 1.